The van der Waals surface area contributed by atoms with Crippen molar-refractivity contribution in [2.75, 3.05) is 0 Å². The van der Waals surface area contributed by atoms with Crippen LogP contribution in [0.25, 0.3) is 0 Å². The first-order valence-electron chi connectivity index (χ1n) is 4.23. The topological polar surface area (TPSA) is 99.9 Å². The Hall–Kier alpha value is -1.96. The molecule has 0 saturated carbocycles. The van der Waals surface area contributed by atoms with E-state index in [0.717, 1.165) is 0 Å². The standard InChI is InChI=1S/C7H6ClN5O3/c1-4-9-6(16-11-4)3-12-2-5(8)7(10-12)13(14)15/h2H,3H2,1H3. The third-order valence-electron chi connectivity index (χ3n) is 1.74. The second-order valence-corrected chi connectivity index (χ2v) is 3.40. The van der Waals surface area contributed by atoms with Gasteiger partial charge in [-0.3, -0.25) is 0 Å². The van der Waals surface area contributed by atoms with Gasteiger partial charge in [-0.15, -0.1) is 0 Å². The number of nitro groups is 1. The van der Waals surface area contributed by atoms with E-state index >= 15 is 0 Å². The van der Waals surface area contributed by atoms with Gasteiger partial charge in [0.15, 0.2) is 10.8 Å². The van der Waals surface area contributed by atoms with E-state index in [4.69, 9.17) is 16.1 Å². The van der Waals surface area contributed by atoms with Gasteiger partial charge < -0.3 is 14.6 Å². The molecule has 0 saturated heterocycles. The van der Waals surface area contributed by atoms with E-state index in [1.165, 1.54) is 10.9 Å². The van der Waals surface area contributed by atoms with Crippen LogP contribution in [0.1, 0.15) is 11.7 Å². The Kier molecular flexibility index (Phi) is 2.57. The fourth-order valence-corrected chi connectivity index (χ4v) is 1.35. The average Bonchev–Trinajstić information content (AvgIpc) is 2.73. The summed E-state index contributed by atoms with van der Waals surface area (Å²) >= 11 is 5.62. The molecule has 0 N–H and O–H groups in total. The molecular weight excluding hydrogens is 238 g/mol. The van der Waals surface area contributed by atoms with E-state index in [2.05, 4.69) is 15.2 Å². The van der Waals surface area contributed by atoms with Crippen molar-refractivity contribution < 1.29 is 9.45 Å². The molecule has 0 aliphatic rings. The second-order valence-electron chi connectivity index (χ2n) is 2.99. The van der Waals surface area contributed by atoms with Crippen LogP contribution < -0.4 is 0 Å². The van der Waals surface area contributed by atoms with Crippen molar-refractivity contribution in [1.82, 2.24) is 19.9 Å². The molecule has 0 amide bonds. The molecule has 2 aromatic rings. The quantitative estimate of drug-likeness (QED) is 0.593. The number of hydrogen-bond acceptors (Lipinski definition) is 6. The van der Waals surface area contributed by atoms with Crippen molar-refractivity contribution in [3.63, 3.8) is 0 Å². The van der Waals surface area contributed by atoms with E-state index in [1.54, 1.807) is 6.92 Å². The van der Waals surface area contributed by atoms with Gasteiger partial charge >= 0.3 is 5.82 Å². The van der Waals surface area contributed by atoms with Gasteiger partial charge in [-0.2, -0.15) is 9.67 Å². The molecule has 2 rings (SSSR count). The molecule has 0 unspecified atom stereocenters. The molecule has 0 fully saturated rings. The summed E-state index contributed by atoms with van der Waals surface area (Å²) in [5.41, 5.74) is 0. The Morgan fingerprint density at radius 2 is 2.44 bits per heavy atom. The van der Waals surface area contributed by atoms with E-state index in [1.807, 2.05) is 0 Å². The Morgan fingerprint density at radius 3 is 2.94 bits per heavy atom. The molecule has 0 aliphatic carbocycles. The molecule has 0 aliphatic heterocycles. The molecule has 0 spiro atoms. The minimum absolute atomic E-state index is 0.0266. The Balaban J connectivity index is 2.22. The smallest absolute Gasteiger partial charge is 0.358 e. The molecule has 0 atom stereocenters. The summed E-state index contributed by atoms with van der Waals surface area (Å²) in [6.45, 7) is 1.82. The molecule has 0 aromatic carbocycles. The van der Waals surface area contributed by atoms with Crippen molar-refractivity contribution in [1.29, 1.82) is 0 Å². The van der Waals surface area contributed by atoms with Crippen molar-refractivity contribution in [3.05, 3.63) is 33.0 Å². The van der Waals surface area contributed by atoms with Crippen molar-refractivity contribution in [2.24, 2.45) is 0 Å². The number of nitrogens with zero attached hydrogens (tertiary/aromatic N) is 5. The van der Waals surface area contributed by atoms with Gasteiger partial charge in [0.25, 0.3) is 0 Å². The van der Waals surface area contributed by atoms with Gasteiger partial charge in [0.2, 0.25) is 5.89 Å². The van der Waals surface area contributed by atoms with Crippen LogP contribution in [-0.2, 0) is 6.54 Å². The lowest BCUT2D eigenvalue weighted by molar-refractivity contribution is -0.389. The number of aromatic nitrogens is 4. The third-order valence-corrected chi connectivity index (χ3v) is 2.01. The first-order chi connectivity index (χ1) is 7.56. The number of rotatable bonds is 3. The molecule has 0 radical (unpaired) electrons. The maximum atomic E-state index is 10.5. The predicted octanol–water partition coefficient (Wildman–Crippen LogP) is 1.18. The van der Waals surface area contributed by atoms with E-state index in [0.29, 0.717) is 11.7 Å². The zero-order chi connectivity index (χ0) is 11.7. The highest BCUT2D eigenvalue weighted by atomic mass is 35.5. The summed E-state index contributed by atoms with van der Waals surface area (Å²) in [5.74, 6) is 0.409. The summed E-state index contributed by atoms with van der Waals surface area (Å²) in [7, 11) is 0. The molecule has 9 heteroatoms. The predicted molar refractivity (Wildman–Crippen MR) is 52.0 cm³/mol. The lowest BCUT2D eigenvalue weighted by Crippen LogP contribution is -2.01. The van der Waals surface area contributed by atoms with Gasteiger partial charge in [-0.1, -0.05) is 16.8 Å². The van der Waals surface area contributed by atoms with Crippen LogP contribution in [0.4, 0.5) is 5.82 Å². The molecular formula is C7H6ClN5O3. The van der Waals surface area contributed by atoms with Gasteiger partial charge in [0.1, 0.15) is 6.54 Å². The monoisotopic (exact) mass is 243 g/mol. The van der Waals surface area contributed by atoms with Crippen LogP contribution in [-0.4, -0.2) is 24.8 Å². The Labute approximate surface area is 94.0 Å². The third kappa shape index (κ3) is 2.01. The van der Waals surface area contributed by atoms with Gasteiger partial charge in [0, 0.05) is 0 Å². The molecule has 0 bridgehead atoms. The van der Waals surface area contributed by atoms with E-state index in [-0.39, 0.29) is 11.6 Å². The van der Waals surface area contributed by atoms with Gasteiger partial charge in [-0.05, 0) is 11.8 Å². The van der Waals surface area contributed by atoms with Crippen molar-refractivity contribution in [2.45, 2.75) is 13.5 Å². The summed E-state index contributed by atoms with van der Waals surface area (Å²) in [6.07, 6.45) is 1.33. The SMILES string of the molecule is Cc1noc(Cn2cc(Cl)c([N+](=O)[O-])n2)n1. The number of halogens is 1. The number of hydrogen-bond donors (Lipinski definition) is 0. The average molecular weight is 244 g/mol. The summed E-state index contributed by atoms with van der Waals surface area (Å²) in [6, 6.07) is 0. The highest BCUT2D eigenvalue weighted by Crippen LogP contribution is 2.21. The maximum absolute atomic E-state index is 10.5. The zero-order valence-electron chi connectivity index (χ0n) is 8.12. The normalized spacial score (nSPS) is 10.6. The van der Waals surface area contributed by atoms with Crippen molar-refractivity contribution >= 4 is 17.4 Å². The molecule has 2 heterocycles. The van der Waals surface area contributed by atoms with Crippen LogP contribution in [0, 0.1) is 17.0 Å². The Bertz CT molecular complexity index is 534. The van der Waals surface area contributed by atoms with Crippen LogP contribution in [0.15, 0.2) is 10.7 Å². The highest BCUT2D eigenvalue weighted by molar-refractivity contribution is 6.32. The second kappa shape index (κ2) is 3.89. The molecule has 16 heavy (non-hydrogen) atoms. The van der Waals surface area contributed by atoms with Crippen LogP contribution in [0.5, 0.6) is 0 Å². The molecule has 8 nitrogen and oxygen atoms in total. The lowest BCUT2D eigenvalue weighted by Gasteiger charge is -1.88. The molecule has 2 aromatic heterocycles. The van der Waals surface area contributed by atoms with Crippen LogP contribution in [0.3, 0.4) is 0 Å². The fourth-order valence-electron chi connectivity index (χ4n) is 1.13. The summed E-state index contributed by atoms with van der Waals surface area (Å²) < 4.78 is 6.11. The maximum Gasteiger partial charge on any atom is 0.408 e. The van der Waals surface area contributed by atoms with Crippen molar-refractivity contribution in [3.8, 4) is 0 Å². The van der Waals surface area contributed by atoms with Crippen LogP contribution in [0.2, 0.25) is 5.02 Å². The van der Waals surface area contributed by atoms with Gasteiger partial charge in [0.05, 0.1) is 11.3 Å². The zero-order valence-corrected chi connectivity index (χ0v) is 8.88. The molecule has 84 valence electrons. The largest absolute Gasteiger partial charge is 0.408 e. The first kappa shape index (κ1) is 10.6. The summed E-state index contributed by atoms with van der Waals surface area (Å²) in [5, 5.41) is 17.7. The number of aryl methyl sites for hydroxylation is 1. The van der Waals surface area contributed by atoms with Gasteiger partial charge in [-0.25, -0.2) is 0 Å². The highest BCUT2D eigenvalue weighted by Gasteiger charge is 2.20. The van der Waals surface area contributed by atoms with Crippen LogP contribution >= 0.6 is 11.6 Å². The van der Waals surface area contributed by atoms with E-state index < -0.39 is 10.7 Å². The summed E-state index contributed by atoms with van der Waals surface area (Å²) in [4.78, 5) is 13.8. The first-order valence-corrected chi connectivity index (χ1v) is 4.60. The minimum Gasteiger partial charge on any atom is -0.358 e. The fraction of sp³-hybridized carbons (Fsp3) is 0.286. The van der Waals surface area contributed by atoms with E-state index in [9.17, 15) is 10.1 Å². The Morgan fingerprint density at radius 1 is 1.69 bits per heavy atom. The minimum atomic E-state index is -0.655. The lowest BCUT2D eigenvalue weighted by atomic mass is 10.6.